The fourth-order valence-corrected chi connectivity index (χ4v) is 0. The van der Waals surface area contributed by atoms with Crippen LogP contribution in [0.25, 0.3) is 0 Å². The topological polar surface area (TPSA) is 9.23 Å². The third-order valence-corrected chi connectivity index (χ3v) is 1.21. The second-order valence-corrected chi connectivity index (χ2v) is 2.42. The van der Waals surface area contributed by atoms with E-state index in [1.165, 1.54) is 0 Å². The van der Waals surface area contributed by atoms with Crippen molar-refractivity contribution in [1.29, 1.82) is 0 Å². The molecule has 0 heterocycles. The van der Waals surface area contributed by atoms with Gasteiger partial charge in [-0.1, -0.05) is 0 Å². The van der Waals surface area contributed by atoms with Crippen molar-refractivity contribution in [1.82, 2.24) is 0 Å². The van der Waals surface area contributed by atoms with Crippen LogP contribution >= 0.6 is 0 Å². The molecule has 0 spiro atoms. The summed E-state index contributed by atoms with van der Waals surface area (Å²) in [7, 11) is 1.76. The van der Waals surface area contributed by atoms with Crippen molar-refractivity contribution in [3.05, 3.63) is 0 Å². The van der Waals surface area contributed by atoms with E-state index >= 15 is 0 Å². The fourth-order valence-electron chi connectivity index (χ4n) is 0. The quantitative estimate of drug-likeness (QED) is 0.516. The zero-order valence-corrected chi connectivity index (χ0v) is 5.37. The molecule has 22 valence electrons. The molecule has 0 saturated heterocycles. The van der Waals surface area contributed by atoms with Crippen molar-refractivity contribution in [3.63, 3.8) is 0 Å². The average Bonchev–Trinajstić information content (AvgIpc) is 1.37. The zero-order valence-electron chi connectivity index (χ0n) is 2.91. The Balaban J connectivity index is 1.97. The molecule has 0 aliphatic rings. The summed E-state index contributed by atoms with van der Waals surface area (Å²) in [6.07, 6.45) is 0. The van der Waals surface area contributed by atoms with E-state index in [9.17, 15) is 0 Å². The van der Waals surface area contributed by atoms with E-state index < -0.39 is 0 Å². The van der Waals surface area contributed by atoms with Gasteiger partial charge in [0, 0.05) is 0 Å². The number of rotatable bonds is 1. The molecule has 0 aliphatic carbocycles. The van der Waals surface area contributed by atoms with Crippen LogP contribution in [0.3, 0.4) is 0 Å². The molecule has 0 unspecified atom stereocenters. The van der Waals surface area contributed by atoms with Gasteiger partial charge in [0.15, 0.2) is 0 Å². The standard InChI is InChI=1S/CH3O.CH3.Zr/c1-2;;/h1H3;1H3;/q-1;;+3. The maximum absolute atomic E-state index is 4.71. The molecule has 0 aromatic heterocycles. The molecule has 0 atom stereocenters. The Labute approximate surface area is 38.5 Å². The Kier molecular flexibility index (Phi) is 4.65. The van der Waals surface area contributed by atoms with E-state index in [1.54, 1.807) is 7.11 Å². The molecule has 0 aliphatic heterocycles. The summed E-state index contributed by atoms with van der Waals surface area (Å²) in [5, 5.41) is 0. The number of hydrogen-bond acceptors (Lipinski definition) is 1. The van der Waals surface area contributed by atoms with Crippen molar-refractivity contribution in [2.45, 2.75) is 4.63 Å². The Bertz CT molecular complexity index is 8.00. The summed E-state index contributed by atoms with van der Waals surface area (Å²) in [5.74, 6) is 0. The second-order valence-electron chi connectivity index (χ2n) is 0.408. The van der Waals surface area contributed by atoms with Gasteiger partial charge in [-0.15, -0.1) is 0 Å². The van der Waals surface area contributed by atoms with E-state index in [0.717, 1.165) is 0 Å². The normalized spacial score (nSPS) is 5.50. The molecule has 4 heavy (non-hydrogen) atoms. The summed E-state index contributed by atoms with van der Waals surface area (Å²) >= 11 is -0.276. The first kappa shape index (κ1) is 4.84. The van der Waals surface area contributed by atoms with Crippen LogP contribution in [0.1, 0.15) is 0 Å². The molecular weight excluding hydrogens is 131 g/mol. The summed E-state index contributed by atoms with van der Waals surface area (Å²) in [6.45, 7) is 0. The molecule has 0 bridgehead atoms. The Morgan fingerprint density at radius 2 is 2.00 bits per heavy atom. The van der Waals surface area contributed by atoms with Crippen molar-refractivity contribution < 1.29 is 26.5 Å². The van der Waals surface area contributed by atoms with E-state index in [0.29, 0.717) is 0 Å². The first-order chi connectivity index (χ1) is 1.91. The van der Waals surface area contributed by atoms with Crippen LogP contribution in [0.15, 0.2) is 0 Å². The first-order valence-corrected chi connectivity index (χ1v) is 4.57. The molecule has 0 amide bonds. The van der Waals surface area contributed by atoms with E-state index in [1.807, 2.05) is 0 Å². The predicted octanol–water partition coefficient (Wildman–Crippen LogP) is 0.678. The second kappa shape index (κ2) is 3.84. The van der Waals surface area contributed by atoms with Gasteiger partial charge in [0.25, 0.3) is 0 Å². The van der Waals surface area contributed by atoms with Crippen LogP contribution in [0.5, 0.6) is 0 Å². The van der Waals surface area contributed by atoms with Gasteiger partial charge in [0.1, 0.15) is 0 Å². The molecule has 0 saturated carbocycles. The molecule has 0 N–H and O–H groups in total. The van der Waals surface area contributed by atoms with Crippen LogP contribution in [0.4, 0.5) is 0 Å². The molecule has 2 heteroatoms. The third kappa shape index (κ3) is 2.84. The molecule has 0 aromatic rings. The van der Waals surface area contributed by atoms with E-state index in [4.69, 9.17) is 2.81 Å². The van der Waals surface area contributed by atoms with Crippen LogP contribution < -0.4 is 0 Å². The van der Waals surface area contributed by atoms with Gasteiger partial charge in [-0.25, -0.2) is 0 Å². The number of hydrogen-bond donors (Lipinski definition) is 0. The van der Waals surface area contributed by atoms with Crippen molar-refractivity contribution in [3.8, 4) is 0 Å². The minimum atomic E-state index is -0.276. The van der Waals surface area contributed by atoms with Gasteiger partial charge in [0.2, 0.25) is 0 Å². The monoisotopic (exact) mass is 136 g/mol. The molecule has 0 radical (unpaired) electrons. The summed E-state index contributed by atoms with van der Waals surface area (Å²) in [5.41, 5.74) is 0. The van der Waals surface area contributed by atoms with Gasteiger partial charge in [-0.05, 0) is 0 Å². The zero-order chi connectivity index (χ0) is 3.41. The molecule has 1 nitrogen and oxygen atoms in total. The maximum atomic E-state index is 4.71. The first-order valence-electron chi connectivity index (χ1n) is 1.11. The van der Waals surface area contributed by atoms with Crippen molar-refractivity contribution >= 4 is 0 Å². The van der Waals surface area contributed by atoms with Crippen LogP contribution in [0.2, 0.25) is 4.63 Å². The SMILES string of the molecule is C[O][Zr+2][CH3]. The van der Waals surface area contributed by atoms with E-state index in [-0.39, 0.29) is 23.7 Å². The molecule has 0 fully saturated rings. The van der Waals surface area contributed by atoms with Gasteiger partial charge in [0.05, 0.1) is 0 Å². The Morgan fingerprint density at radius 3 is 2.00 bits per heavy atom. The van der Waals surface area contributed by atoms with Gasteiger partial charge in [-0.2, -0.15) is 0 Å². The van der Waals surface area contributed by atoms with E-state index in [2.05, 4.69) is 4.63 Å². The fraction of sp³-hybridized carbons (Fsp3) is 1.00. The minimum absolute atomic E-state index is 0.276. The van der Waals surface area contributed by atoms with Gasteiger partial charge in [-0.3, -0.25) is 0 Å². The van der Waals surface area contributed by atoms with Gasteiger partial charge >= 0.3 is 38.2 Å². The summed E-state index contributed by atoms with van der Waals surface area (Å²) < 4.78 is 6.84. The van der Waals surface area contributed by atoms with Crippen LogP contribution in [-0.2, 0) is 26.5 Å². The Morgan fingerprint density at radius 1 is 1.75 bits per heavy atom. The van der Waals surface area contributed by atoms with Gasteiger partial charge < -0.3 is 0 Å². The molecular formula is C2H6OZr+2. The molecule has 0 aromatic carbocycles. The summed E-state index contributed by atoms with van der Waals surface area (Å²) in [6, 6.07) is 0. The van der Waals surface area contributed by atoms with Crippen LogP contribution in [0, 0.1) is 0 Å². The predicted molar refractivity (Wildman–Crippen MR) is 12.9 cm³/mol. The van der Waals surface area contributed by atoms with Crippen molar-refractivity contribution in [2.24, 2.45) is 0 Å². The van der Waals surface area contributed by atoms with Crippen molar-refractivity contribution in [2.75, 3.05) is 7.11 Å². The Hall–Kier alpha value is 0.843. The van der Waals surface area contributed by atoms with Crippen LogP contribution in [-0.4, -0.2) is 7.11 Å². The third-order valence-electron chi connectivity index (χ3n) is 0.204. The molecule has 0 rings (SSSR count). The average molecular weight is 137 g/mol. The summed E-state index contributed by atoms with van der Waals surface area (Å²) in [4.78, 5) is 0.